The van der Waals surface area contributed by atoms with Crippen LogP contribution in [0.3, 0.4) is 0 Å². The fourth-order valence-corrected chi connectivity index (χ4v) is 9.10. The number of hydrogen-bond acceptors (Lipinski definition) is 3. The molecule has 0 saturated heterocycles. The van der Waals surface area contributed by atoms with E-state index in [0.29, 0.717) is 0 Å². The predicted molar refractivity (Wildman–Crippen MR) is 325 cm³/mol. The van der Waals surface area contributed by atoms with E-state index in [1.807, 2.05) is 45.9 Å². The van der Waals surface area contributed by atoms with Crippen molar-refractivity contribution in [1.82, 2.24) is 4.57 Å². The van der Waals surface area contributed by atoms with E-state index in [1.54, 1.807) is 0 Å². The average molecular weight is 975 g/mol. The van der Waals surface area contributed by atoms with Crippen LogP contribution in [-0.2, 0) is 7.05 Å². The number of aryl methyl sites for hydroxylation is 1. The molecule has 0 fully saturated rings. The largest absolute Gasteiger partial charge is 0.344 e. The summed E-state index contributed by atoms with van der Waals surface area (Å²) in [4.78, 5) is 6.81. The Kier molecular flexibility index (Phi) is 18.6. The summed E-state index contributed by atoms with van der Waals surface area (Å²) < 4.78 is 2.24. The predicted octanol–water partition coefficient (Wildman–Crippen LogP) is 20.8. The standard InChI is InChI=1S/C36H28N2.C18H15N.C13H11N.2C2H6/c1-5-13-31(14-6-1)37(32-15-7-2-8-16-32)35-25-21-29(22-26-35)30-23-27-36(28-24-30)38(33-17-9-3-10-18-33)34-19-11-4-12-20-34;1-4-10-16(11-5-1)19(17-12-6-2-7-13-17)18-14-8-3-9-15-18;1-14-12-8-4-2-6-10(12)11-7-3-5-9-13(11)14;2*1-2/h1-28H;1-15H;2-9H,1H3;2*1-2H3. The summed E-state index contributed by atoms with van der Waals surface area (Å²) in [6, 6.07) is 108. The lowest BCUT2D eigenvalue weighted by molar-refractivity contribution is 1.01. The molecule has 0 aliphatic rings. The van der Waals surface area contributed by atoms with Crippen LogP contribution >= 0.6 is 0 Å². The number of aromatic nitrogens is 1. The zero-order valence-corrected chi connectivity index (χ0v) is 43.7. The van der Waals surface area contributed by atoms with E-state index in [1.165, 1.54) is 50.0 Å². The summed E-state index contributed by atoms with van der Waals surface area (Å²) in [6.07, 6.45) is 0. The maximum Gasteiger partial charge on any atom is 0.0488 e. The molecule has 0 saturated carbocycles. The molecular weight excluding hydrogens is 909 g/mol. The molecule has 0 bridgehead atoms. The molecule has 0 amide bonds. The number of fused-ring (bicyclic) bond motifs is 3. The molecule has 1 aromatic heterocycles. The highest BCUT2D eigenvalue weighted by Crippen LogP contribution is 2.38. The van der Waals surface area contributed by atoms with Crippen molar-refractivity contribution in [3.8, 4) is 11.1 Å². The molecule has 4 nitrogen and oxygen atoms in total. The van der Waals surface area contributed by atoms with Gasteiger partial charge in [-0.15, -0.1) is 0 Å². The van der Waals surface area contributed by atoms with Gasteiger partial charge in [0.05, 0.1) is 0 Å². The Hall–Kier alpha value is -9.38. The van der Waals surface area contributed by atoms with E-state index in [4.69, 9.17) is 0 Å². The normalized spacial score (nSPS) is 10.2. The summed E-state index contributed by atoms with van der Waals surface area (Å²) >= 11 is 0. The summed E-state index contributed by atoms with van der Waals surface area (Å²) in [6.45, 7) is 8.00. The van der Waals surface area contributed by atoms with E-state index in [0.717, 1.165) is 34.1 Å². The van der Waals surface area contributed by atoms with Crippen molar-refractivity contribution in [2.45, 2.75) is 27.7 Å². The Bertz CT molecular complexity index is 3140. The van der Waals surface area contributed by atoms with Gasteiger partial charge in [0.2, 0.25) is 0 Å². The monoisotopic (exact) mass is 975 g/mol. The molecule has 0 radical (unpaired) electrons. The van der Waals surface area contributed by atoms with Gasteiger partial charge in [-0.05, 0) is 132 Å². The van der Waals surface area contributed by atoms with Gasteiger partial charge in [0.15, 0.2) is 0 Å². The number of nitrogens with zero attached hydrogens (tertiary/aromatic N) is 4. The molecular formula is C71H66N4. The third-order valence-corrected chi connectivity index (χ3v) is 12.5. The van der Waals surface area contributed by atoms with Gasteiger partial charge in [0, 0.05) is 80.0 Å². The first-order chi connectivity index (χ1) is 37.2. The van der Waals surface area contributed by atoms with E-state index >= 15 is 0 Å². The van der Waals surface area contributed by atoms with E-state index in [-0.39, 0.29) is 0 Å². The van der Waals surface area contributed by atoms with Crippen LogP contribution in [0.1, 0.15) is 27.7 Å². The molecule has 12 rings (SSSR count). The Morgan fingerprint density at radius 3 is 0.587 bits per heavy atom. The van der Waals surface area contributed by atoms with Crippen LogP contribution in [0.15, 0.2) is 309 Å². The van der Waals surface area contributed by atoms with Crippen molar-refractivity contribution in [2.75, 3.05) is 14.7 Å². The quantitative estimate of drug-likeness (QED) is 0.136. The summed E-state index contributed by atoms with van der Waals surface area (Å²) in [7, 11) is 2.12. The molecule has 75 heavy (non-hydrogen) atoms. The summed E-state index contributed by atoms with van der Waals surface area (Å²) in [5.41, 5.74) is 15.3. The summed E-state index contributed by atoms with van der Waals surface area (Å²) in [5, 5.41) is 2.68. The van der Waals surface area contributed by atoms with Gasteiger partial charge in [-0.25, -0.2) is 0 Å². The first-order valence-electron chi connectivity index (χ1n) is 26.1. The first-order valence-corrected chi connectivity index (χ1v) is 26.1. The first kappa shape index (κ1) is 52.0. The lowest BCUT2D eigenvalue weighted by atomic mass is 10.0. The fraction of sp³-hybridized carbons (Fsp3) is 0.0704. The zero-order chi connectivity index (χ0) is 52.0. The molecule has 0 aliphatic heterocycles. The van der Waals surface area contributed by atoms with Crippen LogP contribution in [0, 0.1) is 0 Å². The van der Waals surface area contributed by atoms with E-state index in [2.05, 4.69) is 318 Å². The molecule has 12 aromatic rings. The van der Waals surface area contributed by atoms with Gasteiger partial charge in [0.25, 0.3) is 0 Å². The highest BCUT2D eigenvalue weighted by atomic mass is 15.2. The van der Waals surface area contributed by atoms with Gasteiger partial charge in [-0.1, -0.05) is 216 Å². The molecule has 370 valence electrons. The molecule has 0 aliphatic carbocycles. The van der Waals surface area contributed by atoms with Crippen LogP contribution in [0.4, 0.5) is 51.2 Å². The van der Waals surface area contributed by atoms with Gasteiger partial charge in [0.1, 0.15) is 0 Å². The second-order valence-electron chi connectivity index (χ2n) is 17.0. The Morgan fingerprint density at radius 2 is 0.373 bits per heavy atom. The van der Waals surface area contributed by atoms with Crippen LogP contribution in [0.2, 0.25) is 0 Å². The van der Waals surface area contributed by atoms with E-state index in [9.17, 15) is 0 Å². The fourth-order valence-electron chi connectivity index (χ4n) is 9.10. The Balaban J connectivity index is 0.000000166. The van der Waals surface area contributed by atoms with Gasteiger partial charge in [-0.3, -0.25) is 0 Å². The topological polar surface area (TPSA) is 14.7 Å². The van der Waals surface area contributed by atoms with Crippen molar-refractivity contribution in [3.05, 3.63) is 309 Å². The van der Waals surface area contributed by atoms with Crippen molar-refractivity contribution in [3.63, 3.8) is 0 Å². The molecule has 4 heteroatoms. The minimum Gasteiger partial charge on any atom is -0.344 e. The highest BCUT2D eigenvalue weighted by Gasteiger charge is 2.15. The molecule has 11 aromatic carbocycles. The van der Waals surface area contributed by atoms with Crippen LogP contribution in [0.25, 0.3) is 32.9 Å². The van der Waals surface area contributed by atoms with Gasteiger partial charge >= 0.3 is 0 Å². The molecule has 0 atom stereocenters. The maximum absolute atomic E-state index is 2.28. The number of rotatable bonds is 10. The minimum atomic E-state index is 1.13. The second-order valence-corrected chi connectivity index (χ2v) is 17.0. The van der Waals surface area contributed by atoms with Crippen molar-refractivity contribution in [1.29, 1.82) is 0 Å². The summed E-state index contributed by atoms with van der Waals surface area (Å²) in [5.74, 6) is 0. The van der Waals surface area contributed by atoms with E-state index < -0.39 is 0 Å². The SMILES string of the molecule is CC.CC.Cn1c2ccccc2c2ccccc21.c1ccc(N(c2ccccc2)c2ccc(-c3ccc(N(c4ccccc4)c4ccccc4)cc3)cc2)cc1.c1ccc(N(c2ccccc2)c2ccccc2)cc1. The average Bonchev–Trinajstić information content (AvgIpc) is 3.80. The number of para-hydroxylation sites is 9. The van der Waals surface area contributed by atoms with Crippen molar-refractivity contribution < 1.29 is 0 Å². The Labute approximate surface area is 445 Å². The third-order valence-electron chi connectivity index (χ3n) is 12.5. The number of benzene rings is 11. The molecule has 1 heterocycles. The smallest absolute Gasteiger partial charge is 0.0488 e. The lowest BCUT2D eigenvalue weighted by Crippen LogP contribution is -2.09. The van der Waals surface area contributed by atoms with Gasteiger partial charge < -0.3 is 19.3 Å². The van der Waals surface area contributed by atoms with Crippen LogP contribution in [0.5, 0.6) is 0 Å². The second kappa shape index (κ2) is 26.9. The van der Waals surface area contributed by atoms with Crippen molar-refractivity contribution >= 4 is 73.0 Å². The Morgan fingerprint density at radius 1 is 0.200 bits per heavy atom. The third kappa shape index (κ3) is 12.8. The highest BCUT2D eigenvalue weighted by molar-refractivity contribution is 6.07. The molecule has 0 spiro atoms. The number of anilines is 9. The zero-order valence-electron chi connectivity index (χ0n) is 43.7. The van der Waals surface area contributed by atoms with Crippen LogP contribution < -0.4 is 14.7 Å². The lowest BCUT2D eigenvalue weighted by Gasteiger charge is -2.26. The van der Waals surface area contributed by atoms with Crippen LogP contribution in [-0.4, -0.2) is 4.57 Å². The molecule has 0 N–H and O–H groups in total. The van der Waals surface area contributed by atoms with Gasteiger partial charge in [-0.2, -0.15) is 0 Å². The molecule has 0 unspecified atom stereocenters. The maximum atomic E-state index is 2.28. The van der Waals surface area contributed by atoms with Crippen molar-refractivity contribution in [2.24, 2.45) is 7.05 Å². The number of hydrogen-bond donors (Lipinski definition) is 0. The minimum absolute atomic E-state index is 1.13.